The molecule has 2 aromatic carbocycles. The number of hydrazone groups is 1. The van der Waals surface area contributed by atoms with Crippen LogP contribution >= 0.6 is 45.2 Å². The van der Waals surface area contributed by atoms with Gasteiger partial charge in [0.15, 0.2) is 0 Å². The van der Waals surface area contributed by atoms with Gasteiger partial charge in [-0.3, -0.25) is 4.79 Å². The Morgan fingerprint density at radius 2 is 1.77 bits per heavy atom. The quantitative estimate of drug-likeness (QED) is 0.267. The van der Waals surface area contributed by atoms with E-state index >= 15 is 0 Å². The van der Waals surface area contributed by atoms with Crippen LogP contribution in [-0.4, -0.2) is 16.7 Å². The molecule has 0 aliphatic heterocycles. The van der Waals surface area contributed by atoms with E-state index in [0.29, 0.717) is 5.56 Å². The van der Waals surface area contributed by atoms with Gasteiger partial charge in [0.2, 0.25) is 0 Å². The van der Waals surface area contributed by atoms with Crippen molar-refractivity contribution in [3.8, 4) is 5.69 Å². The van der Waals surface area contributed by atoms with Gasteiger partial charge in [-0.25, -0.2) is 5.43 Å². The van der Waals surface area contributed by atoms with Crippen molar-refractivity contribution >= 4 is 57.3 Å². The molecule has 1 aromatic heterocycles. The molecule has 0 radical (unpaired) electrons. The number of aryl methyl sites for hydroxylation is 1. The second kappa shape index (κ2) is 8.34. The second-order valence-electron chi connectivity index (χ2n) is 5.82. The number of nitrogens with one attached hydrogen (secondary N) is 1. The van der Waals surface area contributed by atoms with Gasteiger partial charge < -0.3 is 4.57 Å². The maximum atomic E-state index is 12.1. The van der Waals surface area contributed by atoms with Gasteiger partial charge in [0, 0.05) is 29.7 Å². The van der Waals surface area contributed by atoms with Crippen molar-refractivity contribution < 1.29 is 4.79 Å². The lowest BCUT2D eigenvalue weighted by Gasteiger charge is -2.11. The van der Waals surface area contributed by atoms with Crippen molar-refractivity contribution in [2.24, 2.45) is 5.10 Å². The minimum absolute atomic E-state index is 0.218. The van der Waals surface area contributed by atoms with Crippen LogP contribution in [0.3, 0.4) is 0 Å². The molecule has 3 rings (SSSR count). The Morgan fingerprint density at radius 3 is 2.46 bits per heavy atom. The number of hydrogen-bond acceptors (Lipinski definition) is 2. The van der Waals surface area contributed by atoms with E-state index in [4.69, 9.17) is 0 Å². The van der Waals surface area contributed by atoms with E-state index < -0.39 is 0 Å². The molecule has 0 saturated carbocycles. The summed E-state index contributed by atoms with van der Waals surface area (Å²) in [4.78, 5) is 12.1. The summed E-state index contributed by atoms with van der Waals surface area (Å²) in [5.41, 5.74) is 7.51. The summed E-state index contributed by atoms with van der Waals surface area (Å²) in [6.07, 6.45) is 1.69. The number of aromatic nitrogens is 1. The van der Waals surface area contributed by atoms with Gasteiger partial charge in [0.1, 0.15) is 0 Å². The van der Waals surface area contributed by atoms with Crippen LogP contribution in [0.1, 0.15) is 27.3 Å². The Morgan fingerprint density at radius 1 is 1.08 bits per heavy atom. The summed E-state index contributed by atoms with van der Waals surface area (Å²) in [6, 6.07) is 17.7. The third-order valence-corrected chi connectivity index (χ3v) is 5.67. The number of rotatable bonds is 4. The lowest BCUT2D eigenvalue weighted by Crippen LogP contribution is -2.17. The van der Waals surface area contributed by atoms with Crippen molar-refractivity contribution in [1.29, 1.82) is 0 Å². The van der Waals surface area contributed by atoms with Gasteiger partial charge in [0.25, 0.3) is 5.91 Å². The van der Waals surface area contributed by atoms with Gasteiger partial charge in [-0.15, -0.1) is 0 Å². The number of para-hydroxylation sites is 1. The van der Waals surface area contributed by atoms with Crippen molar-refractivity contribution in [1.82, 2.24) is 9.99 Å². The zero-order valence-electron chi connectivity index (χ0n) is 14.3. The van der Waals surface area contributed by atoms with Crippen molar-refractivity contribution in [3.05, 3.63) is 84.3 Å². The number of benzene rings is 2. The minimum atomic E-state index is -0.218. The van der Waals surface area contributed by atoms with Gasteiger partial charge in [0.05, 0.1) is 11.9 Å². The number of amides is 1. The molecule has 3 aromatic rings. The Kier molecular flexibility index (Phi) is 6.13. The predicted molar refractivity (Wildman–Crippen MR) is 122 cm³/mol. The molecule has 0 bridgehead atoms. The molecule has 0 aliphatic rings. The monoisotopic (exact) mass is 569 g/mol. The molecule has 0 saturated heterocycles. The molecule has 1 N–H and O–H groups in total. The summed E-state index contributed by atoms with van der Waals surface area (Å²) in [5.74, 6) is -0.218. The maximum absolute atomic E-state index is 12.1. The molecule has 0 spiro atoms. The molecule has 0 unspecified atom stereocenters. The molecule has 0 fully saturated rings. The molecule has 1 heterocycles. The van der Waals surface area contributed by atoms with E-state index in [1.165, 1.54) is 3.57 Å². The highest BCUT2D eigenvalue weighted by Gasteiger charge is 2.11. The Bertz CT molecular complexity index is 975. The maximum Gasteiger partial charge on any atom is 0.271 e. The van der Waals surface area contributed by atoms with E-state index in [0.717, 1.165) is 26.2 Å². The summed E-state index contributed by atoms with van der Waals surface area (Å²) in [6.45, 7) is 4.12. The first-order chi connectivity index (χ1) is 12.5. The summed E-state index contributed by atoms with van der Waals surface area (Å²) in [5, 5.41) is 4.13. The fourth-order valence-electron chi connectivity index (χ4n) is 2.75. The topological polar surface area (TPSA) is 46.4 Å². The minimum Gasteiger partial charge on any atom is -0.317 e. The normalized spacial score (nSPS) is 11.1. The number of halogens is 2. The first kappa shape index (κ1) is 19.1. The van der Waals surface area contributed by atoms with Crippen molar-refractivity contribution in [2.75, 3.05) is 0 Å². The Balaban J connectivity index is 1.80. The van der Waals surface area contributed by atoms with Crippen LogP contribution in [0.15, 0.2) is 59.7 Å². The fraction of sp³-hybridized carbons (Fsp3) is 0.100. The zero-order valence-corrected chi connectivity index (χ0v) is 18.6. The standard InChI is InChI=1S/C20H17I2N3O/c1-13-11-16(14(2)25(13)19-6-4-3-5-18(19)22)12-23-24-20(26)15-7-9-17(21)10-8-15/h3-12H,1-2H3,(H,24,26)/b23-12-. The number of nitrogens with zero attached hydrogens (tertiary/aromatic N) is 2. The molecule has 0 aliphatic carbocycles. The first-order valence-electron chi connectivity index (χ1n) is 8.00. The largest absolute Gasteiger partial charge is 0.317 e. The third kappa shape index (κ3) is 4.17. The number of carbonyl (C=O) groups is 1. The van der Waals surface area contributed by atoms with Crippen LogP contribution in [0.2, 0.25) is 0 Å². The van der Waals surface area contributed by atoms with Crippen LogP contribution in [0, 0.1) is 21.0 Å². The molecule has 6 heteroatoms. The second-order valence-corrected chi connectivity index (χ2v) is 8.23. The zero-order chi connectivity index (χ0) is 18.7. The van der Waals surface area contributed by atoms with Gasteiger partial charge in [-0.1, -0.05) is 12.1 Å². The number of hydrogen-bond donors (Lipinski definition) is 1. The highest BCUT2D eigenvalue weighted by atomic mass is 127. The van der Waals surface area contributed by atoms with Crippen LogP contribution in [0.4, 0.5) is 0 Å². The fourth-order valence-corrected chi connectivity index (χ4v) is 3.74. The molecule has 1 amide bonds. The number of carbonyl (C=O) groups excluding carboxylic acids is 1. The lowest BCUT2D eigenvalue weighted by molar-refractivity contribution is 0.0955. The van der Waals surface area contributed by atoms with Gasteiger partial charge in [-0.05, 0) is 101 Å². The molecule has 0 atom stereocenters. The average molecular weight is 569 g/mol. The van der Waals surface area contributed by atoms with Crippen molar-refractivity contribution in [3.63, 3.8) is 0 Å². The summed E-state index contributed by atoms with van der Waals surface area (Å²) in [7, 11) is 0. The smallest absolute Gasteiger partial charge is 0.271 e. The Hall–Kier alpha value is -1.68. The molecule has 4 nitrogen and oxygen atoms in total. The first-order valence-corrected chi connectivity index (χ1v) is 10.2. The third-order valence-electron chi connectivity index (χ3n) is 4.04. The van der Waals surface area contributed by atoms with E-state index in [1.807, 2.05) is 24.3 Å². The summed E-state index contributed by atoms with van der Waals surface area (Å²) >= 11 is 4.55. The highest BCUT2D eigenvalue weighted by molar-refractivity contribution is 14.1. The van der Waals surface area contributed by atoms with Crippen LogP contribution in [0.25, 0.3) is 5.69 Å². The van der Waals surface area contributed by atoms with Crippen LogP contribution in [0.5, 0.6) is 0 Å². The van der Waals surface area contributed by atoms with E-state index in [1.54, 1.807) is 18.3 Å². The van der Waals surface area contributed by atoms with Crippen LogP contribution in [-0.2, 0) is 0 Å². The molecular formula is C20H17I2N3O. The molecular weight excluding hydrogens is 552 g/mol. The predicted octanol–water partition coefficient (Wildman–Crippen LogP) is 5.07. The van der Waals surface area contributed by atoms with Crippen molar-refractivity contribution in [2.45, 2.75) is 13.8 Å². The van der Waals surface area contributed by atoms with E-state index in [2.05, 4.69) is 92.3 Å². The Labute approximate surface area is 180 Å². The van der Waals surface area contributed by atoms with Gasteiger partial charge >= 0.3 is 0 Å². The average Bonchev–Trinajstić information content (AvgIpc) is 2.90. The SMILES string of the molecule is Cc1cc(/C=N\NC(=O)c2ccc(I)cc2)c(C)n1-c1ccccc1I. The molecule has 132 valence electrons. The van der Waals surface area contributed by atoms with Crippen LogP contribution < -0.4 is 5.43 Å². The highest BCUT2D eigenvalue weighted by Crippen LogP contribution is 2.23. The lowest BCUT2D eigenvalue weighted by atomic mass is 10.2. The van der Waals surface area contributed by atoms with E-state index in [9.17, 15) is 4.79 Å². The van der Waals surface area contributed by atoms with Gasteiger partial charge in [-0.2, -0.15) is 5.10 Å². The summed E-state index contributed by atoms with van der Waals surface area (Å²) < 4.78 is 4.47. The molecule has 26 heavy (non-hydrogen) atoms. The van der Waals surface area contributed by atoms with E-state index in [-0.39, 0.29) is 5.91 Å².